The fourth-order valence-electron chi connectivity index (χ4n) is 3.41. The number of methoxy groups -OCH3 is 1. The summed E-state index contributed by atoms with van der Waals surface area (Å²) >= 11 is 6.37. The van der Waals surface area contributed by atoms with E-state index in [1.165, 1.54) is 0 Å². The first-order valence-electron chi connectivity index (χ1n) is 9.51. The van der Waals surface area contributed by atoms with Crippen LogP contribution in [0.25, 0.3) is 16.7 Å². The molecule has 30 heavy (non-hydrogen) atoms. The van der Waals surface area contributed by atoms with Crippen molar-refractivity contribution in [3.63, 3.8) is 0 Å². The van der Waals surface area contributed by atoms with Crippen LogP contribution in [0.2, 0.25) is 5.02 Å². The van der Waals surface area contributed by atoms with Crippen molar-refractivity contribution in [1.29, 1.82) is 0 Å². The molecule has 0 spiro atoms. The summed E-state index contributed by atoms with van der Waals surface area (Å²) in [5.74, 6) is 0.599. The van der Waals surface area contributed by atoms with Gasteiger partial charge in [-0.25, -0.2) is 9.67 Å². The van der Waals surface area contributed by atoms with E-state index in [0.717, 1.165) is 22.7 Å². The molecule has 0 saturated heterocycles. The van der Waals surface area contributed by atoms with Crippen molar-refractivity contribution in [2.24, 2.45) is 0 Å². The molecule has 6 nitrogen and oxygen atoms in total. The van der Waals surface area contributed by atoms with Crippen LogP contribution in [0.4, 0.5) is 0 Å². The third kappa shape index (κ3) is 3.74. The van der Waals surface area contributed by atoms with Crippen LogP contribution in [0.1, 0.15) is 27.3 Å². The number of nitrogens with one attached hydrogen (secondary N) is 1. The molecule has 0 aliphatic heterocycles. The van der Waals surface area contributed by atoms with Crippen LogP contribution >= 0.6 is 11.6 Å². The number of benzene rings is 2. The standard InChI is InChI=1S/C23H21ClN4O2/c1-14-12-18(23(29)25-13-16-8-10-17(30-3)11-9-16)21-15(2)27-28(22(21)26-14)20-7-5-4-6-19(20)24/h4-12H,13H2,1-3H3,(H,25,29). The Morgan fingerprint density at radius 1 is 1.13 bits per heavy atom. The molecule has 1 N–H and O–H groups in total. The quantitative estimate of drug-likeness (QED) is 0.511. The number of nitrogens with zero attached hydrogens (tertiary/aromatic N) is 3. The second-order valence-electron chi connectivity index (χ2n) is 6.99. The Balaban J connectivity index is 1.70. The Labute approximate surface area is 179 Å². The molecule has 152 valence electrons. The highest BCUT2D eigenvalue weighted by molar-refractivity contribution is 6.32. The number of aryl methyl sites for hydroxylation is 2. The summed E-state index contributed by atoms with van der Waals surface area (Å²) in [6.45, 7) is 4.13. The van der Waals surface area contributed by atoms with Crippen molar-refractivity contribution < 1.29 is 9.53 Å². The van der Waals surface area contributed by atoms with Crippen molar-refractivity contribution in [1.82, 2.24) is 20.1 Å². The molecule has 0 unspecified atom stereocenters. The third-order valence-electron chi connectivity index (χ3n) is 4.88. The first-order valence-corrected chi connectivity index (χ1v) is 9.88. The molecule has 0 atom stereocenters. The van der Waals surface area contributed by atoms with E-state index in [1.807, 2.05) is 56.3 Å². The van der Waals surface area contributed by atoms with E-state index < -0.39 is 0 Å². The number of para-hydroxylation sites is 1. The highest BCUT2D eigenvalue weighted by atomic mass is 35.5. The van der Waals surface area contributed by atoms with Gasteiger partial charge in [0.25, 0.3) is 5.91 Å². The Morgan fingerprint density at radius 2 is 1.87 bits per heavy atom. The van der Waals surface area contributed by atoms with Gasteiger partial charge < -0.3 is 10.1 Å². The molecule has 0 fully saturated rings. The van der Waals surface area contributed by atoms with E-state index in [9.17, 15) is 4.79 Å². The van der Waals surface area contributed by atoms with Crippen LogP contribution in [0.5, 0.6) is 5.75 Å². The van der Waals surface area contributed by atoms with Gasteiger partial charge in [0.15, 0.2) is 5.65 Å². The lowest BCUT2D eigenvalue weighted by molar-refractivity contribution is 0.0952. The first-order chi connectivity index (χ1) is 14.5. The second kappa shape index (κ2) is 8.16. The topological polar surface area (TPSA) is 69.0 Å². The number of fused-ring (bicyclic) bond motifs is 1. The van der Waals surface area contributed by atoms with Gasteiger partial charge in [-0.3, -0.25) is 4.79 Å². The average molecular weight is 421 g/mol. The van der Waals surface area contributed by atoms with Crippen LogP contribution in [0.15, 0.2) is 54.6 Å². The lowest BCUT2D eigenvalue weighted by atomic mass is 10.1. The zero-order valence-electron chi connectivity index (χ0n) is 16.9. The number of hydrogen-bond acceptors (Lipinski definition) is 4. The molecule has 7 heteroatoms. The van der Waals surface area contributed by atoms with Crippen LogP contribution in [0.3, 0.4) is 0 Å². The summed E-state index contributed by atoms with van der Waals surface area (Å²) in [6.07, 6.45) is 0. The van der Waals surface area contributed by atoms with Gasteiger partial charge in [-0.15, -0.1) is 0 Å². The van der Waals surface area contributed by atoms with E-state index in [4.69, 9.17) is 16.3 Å². The SMILES string of the molecule is COc1ccc(CNC(=O)c2cc(C)nc3c2c(C)nn3-c2ccccc2Cl)cc1. The summed E-state index contributed by atoms with van der Waals surface area (Å²) in [5.41, 5.74) is 4.30. The van der Waals surface area contributed by atoms with E-state index in [1.54, 1.807) is 23.9 Å². The zero-order valence-corrected chi connectivity index (χ0v) is 17.7. The minimum atomic E-state index is -0.178. The Kier molecular flexibility index (Phi) is 5.42. The van der Waals surface area contributed by atoms with Gasteiger partial charge >= 0.3 is 0 Å². The molecule has 4 aromatic rings. The Bertz CT molecular complexity index is 1230. The summed E-state index contributed by atoms with van der Waals surface area (Å²) < 4.78 is 6.87. The van der Waals surface area contributed by atoms with Gasteiger partial charge in [-0.05, 0) is 49.7 Å². The van der Waals surface area contributed by atoms with Gasteiger partial charge in [-0.1, -0.05) is 35.9 Å². The normalized spacial score (nSPS) is 10.9. The summed E-state index contributed by atoms with van der Waals surface area (Å²) in [7, 11) is 1.62. The molecule has 2 heterocycles. The molecular weight excluding hydrogens is 400 g/mol. The molecule has 0 aliphatic rings. The maximum absolute atomic E-state index is 13.0. The Morgan fingerprint density at radius 3 is 2.57 bits per heavy atom. The summed E-state index contributed by atoms with van der Waals surface area (Å²) in [4.78, 5) is 17.7. The molecule has 0 saturated carbocycles. The number of ether oxygens (including phenoxy) is 1. The number of rotatable bonds is 5. The van der Waals surface area contributed by atoms with E-state index in [2.05, 4.69) is 15.4 Å². The van der Waals surface area contributed by atoms with Crippen LogP contribution in [0, 0.1) is 13.8 Å². The minimum Gasteiger partial charge on any atom is -0.497 e. The largest absolute Gasteiger partial charge is 0.497 e. The number of amides is 1. The van der Waals surface area contributed by atoms with Gasteiger partial charge in [-0.2, -0.15) is 5.10 Å². The lowest BCUT2D eigenvalue weighted by Gasteiger charge is -2.09. The van der Waals surface area contributed by atoms with Crippen LogP contribution in [-0.2, 0) is 6.54 Å². The monoisotopic (exact) mass is 420 g/mol. The van der Waals surface area contributed by atoms with Crippen molar-refractivity contribution in [2.75, 3.05) is 7.11 Å². The first kappa shape index (κ1) is 19.9. The van der Waals surface area contributed by atoms with Gasteiger partial charge in [0, 0.05) is 12.2 Å². The number of carbonyl (C=O) groups is 1. The van der Waals surface area contributed by atoms with Crippen molar-refractivity contribution in [3.8, 4) is 11.4 Å². The molecule has 0 aliphatic carbocycles. The van der Waals surface area contributed by atoms with Crippen LogP contribution in [-0.4, -0.2) is 27.8 Å². The smallest absolute Gasteiger partial charge is 0.252 e. The van der Waals surface area contributed by atoms with Gasteiger partial charge in [0.1, 0.15) is 5.75 Å². The Hall–Kier alpha value is -3.38. The van der Waals surface area contributed by atoms with Gasteiger partial charge in [0.05, 0.1) is 34.5 Å². The minimum absolute atomic E-state index is 0.178. The molecule has 4 rings (SSSR count). The van der Waals surface area contributed by atoms with Crippen molar-refractivity contribution in [2.45, 2.75) is 20.4 Å². The van der Waals surface area contributed by atoms with E-state index >= 15 is 0 Å². The number of pyridine rings is 1. The number of halogens is 1. The summed E-state index contributed by atoms with van der Waals surface area (Å²) in [6, 6.07) is 16.8. The van der Waals surface area contributed by atoms with Crippen LogP contribution < -0.4 is 10.1 Å². The van der Waals surface area contributed by atoms with Crippen molar-refractivity contribution >= 4 is 28.5 Å². The number of aromatic nitrogens is 3. The van der Waals surface area contributed by atoms with E-state index in [0.29, 0.717) is 33.9 Å². The molecule has 0 radical (unpaired) electrons. The number of hydrogen-bond donors (Lipinski definition) is 1. The lowest BCUT2D eigenvalue weighted by Crippen LogP contribution is -2.23. The third-order valence-corrected chi connectivity index (χ3v) is 5.20. The molecular formula is C23H21ClN4O2. The fourth-order valence-corrected chi connectivity index (χ4v) is 3.62. The zero-order chi connectivity index (χ0) is 21.3. The highest BCUT2D eigenvalue weighted by Crippen LogP contribution is 2.28. The van der Waals surface area contributed by atoms with Gasteiger partial charge in [0.2, 0.25) is 0 Å². The predicted octanol–water partition coefficient (Wildman–Crippen LogP) is 4.63. The molecule has 1 amide bonds. The fraction of sp³-hybridized carbons (Fsp3) is 0.174. The summed E-state index contributed by atoms with van der Waals surface area (Å²) in [5, 5.41) is 8.89. The average Bonchev–Trinajstić information content (AvgIpc) is 3.08. The maximum Gasteiger partial charge on any atom is 0.252 e. The molecule has 0 bridgehead atoms. The molecule has 2 aromatic heterocycles. The molecule has 2 aromatic carbocycles. The maximum atomic E-state index is 13.0. The van der Waals surface area contributed by atoms with Crippen molar-refractivity contribution in [3.05, 3.63) is 82.1 Å². The van der Waals surface area contributed by atoms with E-state index in [-0.39, 0.29) is 5.91 Å². The number of carbonyl (C=O) groups excluding carboxylic acids is 1. The second-order valence-corrected chi connectivity index (χ2v) is 7.40. The predicted molar refractivity (Wildman–Crippen MR) is 118 cm³/mol. The highest BCUT2D eigenvalue weighted by Gasteiger charge is 2.20.